The van der Waals surface area contributed by atoms with E-state index in [0.717, 1.165) is 15.7 Å². The van der Waals surface area contributed by atoms with Crippen LogP contribution in [-0.4, -0.2) is 15.5 Å². The number of nitrogen functional groups attached to an aromatic ring is 1. The quantitative estimate of drug-likeness (QED) is 0.723. The van der Waals surface area contributed by atoms with Crippen molar-refractivity contribution in [2.75, 3.05) is 18.1 Å². The second-order valence-electron chi connectivity index (χ2n) is 4.57. The standard InChI is InChI=1S/C14H16BrN3O2S/c1-9-3-5-11(15)13(7-9)18-12-6-4-10(16)8-14(12)21(19,20)17-2/h3-8,17-18H,16H2,1-2H3. The molecule has 0 aliphatic heterocycles. The van der Waals surface area contributed by atoms with Gasteiger partial charge in [0.1, 0.15) is 4.90 Å². The lowest BCUT2D eigenvalue weighted by molar-refractivity contribution is 0.588. The molecule has 0 aliphatic carbocycles. The Hall–Kier alpha value is -1.57. The molecule has 0 amide bonds. The van der Waals surface area contributed by atoms with Crippen molar-refractivity contribution in [1.82, 2.24) is 4.72 Å². The fourth-order valence-corrected chi connectivity index (χ4v) is 3.12. The van der Waals surface area contributed by atoms with Crippen LogP contribution in [0.4, 0.5) is 17.1 Å². The number of nitrogens with two attached hydrogens (primary N) is 1. The third-order valence-corrected chi connectivity index (χ3v) is 5.10. The highest BCUT2D eigenvalue weighted by molar-refractivity contribution is 9.10. The highest BCUT2D eigenvalue weighted by Crippen LogP contribution is 2.31. The van der Waals surface area contributed by atoms with E-state index in [1.165, 1.54) is 13.1 Å². The average Bonchev–Trinajstić information content (AvgIpc) is 2.44. The van der Waals surface area contributed by atoms with Crippen LogP contribution in [0, 0.1) is 6.92 Å². The fourth-order valence-electron chi connectivity index (χ4n) is 1.85. The molecule has 21 heavy (non-hydrogen) atoms. The summed E-state index contributed by atoms with van der Waals surface area (Å²) in [4.78, 5) is 0.110. The molecule has 7 heteroatoms. The van der Waals surface area contributed by atoms with E-state index in [-0.39, 0.29) is 4.90 Å². The van der Waals surface area contributed by atoms with Gasteiger partial charge in [-0.1, -0.05) is 6.07 Å². The van der Waals surface area contributed by atoms with Gasteiger partial charge in [0, 0.05) is 10.2 Å². The van der Waals surface area contributed by atoms with Crippen molar-refractivity contribution in [3.05, 3.63) is 46.4 Å². The molecule has 0 saturated heterocycles. The van der Waals surface area contributed by atoms with Gasteiger partial charge in [0.15, 0.2) is 0 Å². The topological polar surface area (TPSA) is 84.2 Å². The smallest absolute Gasteiger partial charge is 0.242 e. The van der Waals surface area contributed by atoms with E-state index in [2.05, 4.69) is 26.0 Å². The van der Waals surface area contributed by atoms with Crippen molar-refractivity contribution in [3.63, 3.8) is 0 Å². The van der Waals surface area contributed by atoms with Crippen LogP contribution in [0.15, 0.2) is 45.8 Å². The minimum atomic E-state index is -3.60. The Bertz CT molecular complexity index is 776. The number of rotatable bonds is 4. The van der Waals surface area contributed by atoms with Gasteiger partial charge in [-0.15, -0.1) is 0 Å². The van der Waals surface area contributed by atoms with Gasteiger partial charge in [-0.2, -0.15) is 0 Å². The van der Waals surface area contributed by atoms with Gasteiger partial charge in [0.2, 0.25) is 10.0 Å². The zero-order valence-corrected chi connectivity index (χ0v) is 14.0. The third-order valence-electron chi connectivity index (χ3n) is 2.96. The minimum Gasteiger partial charge on any atom is -0.399 e. The Morgan fingerprint density at radius 3 is 2.48 bits per heavy atom. The number of hydrogen-bond donors (Lipinski definition) is 3. The largest absolute Gasteiger partial charge is 0.399 e. The van der Waals surface area contributed by atoms with E-state index in [4.69, 9.17) is 5.73 Å². The van der Waals surface area contributed by atoms with Crippen molar-refractivity contribution in [3.8, 4) is 0 Å². The number of hydrogen-bond acceptors (Lipinski definition) is 4. The number of nitrogens with one attached hydrogen (secondary N) is 2. The molecule has 2 aromatic rings. The Labute approximate surface area is 132 Å². The summed E-state index contributed by atoms with van der Waals surface area (Å²) in [5.74, 6) is 0. The summed E-state index contributed by atoms with van der Waals surface area (Å²) in [7, 11) is -2.24. The molecule has 0 unspecified atom stereocenters. The molecule has 0 atom stereocenters. The highest BCUT2D eigenvalue weighted by atomic mass is 79.9. The molecule has 0 saturated carbocycles. The van der Waals surface area contributed by atoms with Crippen LogP contribution in [-0.2, 0) is 10.0 Å². The Balaban J connectivity index is 2.52. The minimum absolute atomic E-state index is 0.110. The van der Waals surface area contributed by atoms with E-state index in [1.54, 1.807) is 12.1 Å². The van der Waals surface area contributed by atoms with Crippen molar-refractivity contribution in [1.29, 1.82) is 0 Å². The van der Waals surface area contributed by atoms with Crippen molar-refractivity contribution < 1.29 is 8.42 Å². The zero-order chi connectivity index (χ0) is 15.6. The molecule has 112 valence electrons. The van der Waals surface area contributed by atoms with Crippen LogP contribution in [0.1, 0.15) is 5.56 Å². The van der Waals surface area contributed by atoms with Gasteiger partial charge in [0.25, 0.3) is 0 Å². The lowest BCUT2D eigenvalue weighted by Gasteiger charge is -2.14. The lowest BCUT2D eigenvalue weighted by Crippen LogP contribution is -2.20. The molecule has 0 bridgehead atoms. The van der Waals surface area contributed by atoms with Crippen LogP contribution < -0.4 is 15.8 Å². The second kappa shape index (κ2) is 6.05. The van der Waals surface area contributed by atoms with Gasteiger partial charge in [-0.25, -0.2) is 13.1 Å². The van der Waals surface area contributed by atoms with Gasteiger partial charge in [-0.3, -0.25) is 0 Å². The van der Waals surface area contributed by atoms with Crippen LogP contribution in [0.5, 0.6) is 0 Å². The molecule has 5 nitrogen and oxygen atoms in total. The maximum atomic E-state index is 12.1. The molecular weight excluding hydrogens is 354 g/mol. The molecule has 0 radical (unpaired) electrons. The van der Waals surface area contributed by atoms with Crippen LogP contribution in [0.2, 0.25) is 0 Å². The maximum absolute atomic E-state index is 12.1. The molecule has 0 aliphatic rings. The summed E-state index contributed by atoms with van der Waals surface area (Å²) < 4.78 is 27.3. The van der Waals surface area contributed by atoms with Crippen molar-refractivity contribution in [2.45, 2.75) is 11.8 Å². The van der Waals surface area contributed by atoms with Crippen LogP contribution in [0.25, 0.3) is 0 Å². The predicted octanol–water partition coefficient (Wildman–Crippen LogP) is 2.99. The van der Waals surface area contributed by atoms with E-state index >= 15 is 0 Å². The maximum Gasteiger partial charge on any atom is 0.242 e. The Kier molecular flexibility index (Phi) is 4.55. The SMILES string of the molecule is CNS(=O)(=O)c1cc(N)ccc1Nc1cc(C)ccc1Br. The second-order valence-corrected chi connectivity index (χ2v) is 7.28. The summed E-state index contributed by atoms with van der Waals surface area (Å²) in [5.41, 5.74) is 8.40. The first-order valence-electron chi connectivity index (χ1n) is 6.20. The molecule has 2 rings (SSSR count). The normalized spacial score (nSPS) is 11.4. The number of aryl methyl sites for hydroxylation is 1. The monoisotopic (exact) mass is 369 g/mol. The molecule has 4 N–H and O–H groups in total. The molecular formula is C14H16BrN3O2S. The Morgan fingerprint density at radius 1 is 1.10 bits per heavy atom. The zero-order valence-electron chi connectivity index (χ0n) is 11.6. The van der Waals surface area contributed by atoms with E-state index in [9.17, 15) is 8.42 Å². The molecule has 0 heterocycles. The summed E-state index contributed by atoms with van der Waals surface area (Å²) in [6.45, 7) is 1.96. The fraction of sp³-hybridized carbons (Fsp3) is 0.143. The lowest BCUT2D eigenvalue weighted by atomic mass is 10.2. The van der Waals surface area contributed by atoms with Gasteiger partial charge >= 0.3 is 0 Å². The first-order valence-corrected chi connectivity index (χ1v) is 8.47. The molecule has 0 aromatic heterocycles. The first kappa shape index (κ1) is 15.8. The number of anilines is 3. The van der Waals surface area contributed by atoms with Gasteiger partial charge < -0.3 is 11.1 Å². The number of halogens is 1. The van der Waals surface area contributed by atoms with Crippen molar-refractivity contribution >= 4 is 43.0 Å². The number of benzene rings is 2. The third kappa shape index (κ3) is 3.55. The van der Waals surface area contributed by atoms with Crippen LogP contribution in [0.3, 0.4) is 0 Å². The van der Waals surface area contributed by atoms with E-state index in [1.807, 2.05) is 25.1 Å². The van der Waals surface area contributed by atoms with Gasteiger partial charge in [0.05, 0.1) is 11.4 Å². The van der Waals surface area contributed by atoms with E-state index in [0.29, 0.717) is 11.4 Å². The molecule has 2 aromatic carbocycles. The molecule has 0 spiro atoms. The average molecular weight is 370 g/mol. The summed E-state index contributed by atoms with van der Waals surface area (Å²) >= 11 is 3.44. The molecule has 0 fully saturated rings. The van der Waals surface area contributed by atoms with Crippen molar-refractivity contribution in [2.24, 2.45) is 0 Å². The summed E-state index contributed by atoms with van der Waals surface area (Å²) in [6.07, 6.45) is 0. The predicted molar refractivity (Wildman–Crippen MR) is 89.3 cm³/mol. The Morgan fingerprint density at radius 2 is 1.81 bits per heavy atom. The van der Waals surface area contributed by atoms with Gasteiger partial charge in [-0.05, 0) is 65.8 Å². The van der Waals surface area contributed by atoms with E-state index < -0.39 is 10.0 Å². The number of sulfonamides is 1. The van der Waals surface area contributed by atoms with Crippen LogP contribution >= 0.6 is 15.9 Å². The highest BCUT2D eigenvalue weighted by Gasteiger charge is 2.17. The summed E-state index contributed by atoms with van der Waals surface area (Å²) in [6, 6.07) is 10.5. The summed E-state index contributed by atoms with van der Waals surface area (Å²) in [5, 5.41) is 3.13. The first-order chi connectivity index (χ1) is 9.83.